The van der Waals surface area contributed by atoms with Crippen molar-refractivity contribution in [3.63, 3.8) is 0 Å². The number of pyridine rings is 1. The number of nitriles is 1. The van der Waals surface area contributed by atoms with Gasteiger partial charge >= 0.3 is 0 Å². The standard InChI is InChI=1S/C30H25FN4O/c31-28-14-19(3-4-22(28)17-32)27-13-21(30(36)35-24-7-8-25(35)16-23(33)15-24)5-9-26(27)18-6-10-29-20(12-18)2-1-11-34-29/h1-6,9-14,23-25H,7-8,15-16,33H2. The Morgan fingerprint density at radius 2 is 1.72 bits per heavy atom. The number of carbonyl (C=O) groups excluding carboxylic acids is 1. The molecular formula is C30H25FN4O. The summed E-state index contributed by atoms with van der Waals surface area (Å²) in [7, 11) is 0. The number of amides is 1. The predicted octanol–water partition coefficient (Wildman–Crippen LogP) is 5.67. The molecule has 3 aromatic carbocycles. The molecule has 2 unspecified atom stereocenters. The van der Waals surface area contributed by atoms with Gasteiger partial charge in [0.25, 0.3) is 5.91 Å². The van der Waals surface area contributed by atoms with Crippen LogP contribution in [0.1, 0.15) is 41.6 Å². The fourth-order valence-corrected chi connectivity index (χ4v) is 5.88. The van der Waals surface area contributed by atoms with Crippen LogP contribution < -0.4 is 5.73 Å². The molecule has 1 aromatic heterocycles. The van der Waals surface area contributed by atoms with Gasteiger partial charge in [0.15, 0.2) is 0 Å². The Hall–Kier alpha value is -4.08. The summed E-state index contributed by atoms with van der Waals surface area (Å²) >= 11 is 0. The van der Waals surface area contributed by atoms with E-state index in [1.165, 1.54) is 12.1 Å². The zero-order chi connectivity index (χ0) is 24.8. The third kappa shape index (κ3) is 3.82. The molecule has 0 saturated carbocycles. The number of hydrogen-bond donors (Lipinski definition) is 1. The Morgan fingerprint density at radius 1 is 0.972 bits per heavy atom. The fourth-order valence-electron chi connectivity index (χ4n) is 5.88. The SMILES string of the molecule is N#Cc1ccc(-c2cc(C(=O)N3C4CCC3CC(N)C4)ccc2-c2ccc3ncccc3c2)cc1F. The summed E-state index contributed by atoms with van der Waals surface area (Å²) in [6.07, 6.45) is 5.40. The number of nitrogens with two attached hydrogens (primary N) is 1. The van der Waals surface area contributed by atoms with Gasteiger partial charge in [0, 0.05) is 35.3 Å². The minimum atomic E-state index is -0.580. The third-order valence-electron chi connectivity index (χ3n) is 7.59. The highest BCUT2D eigenvalue weighted by Gasteiger charge is 2.42. The average molecular weight is 477 g/mol. The molecular weight excluding hydrogens is 451 g/mol. The quantitative estimate of drug-likeness (QED) is 0.413. The molecule has 2 aliphatic heterocycles. The molecule has 0 aliphatic carbocycles. The maximum absolute atomic E-state index is 14.7. The number of halogens is 1. The van der Waals surface area contributed by atoms with Crippen molar-refractivity contribution in [3.8, 4) is 28.3 Å². The molecule has 2 saturated heterocycles. The molecule has 0 radical (unpaired) electrons. The molecule has 2 atom stereocenters. The summed E-state index contributed by atoms with van der Waals surface area (Å²) in [5.74, 6) is -0.581. The molecule has 6 heteroatoms. The molecule has 0 spiro atoms. The molecule has 178 valence electrons. The Kier molecular flexibility index (Phi) is 5.50. The van der Waals surface area contributed by atoms with Gasteiger partial charge in [-0.25, -0.2) is 4.39 Å². The van der Waals surface area contributed by atoms with Crippen LogP contribution in [-0.2, 0) is 0 Å². The topological polar surface area (TPSA) is 83.0 Å². The van der Waals surface area contributed by atoms with Crippen molar-refractivity contribution in [2.24, 2.45) is 5.73 Å². The van der Waals surface area contributed by atoms with Crippen LogP contribution in [0, 0.1) is 17.1 Å². The van der Waals surface area contributed by atoms with Gasteiger partial charge in [-0.05, 0) is 90.4 Å². The Morgan fingerprint density at radius 3 is 2.47 bits per heavy atom. The van der Waals surface area contributed by atoms with Crippen molar-refractivity contribution in [1.82, 2.24) is 9.88 Å². The normalized spacial score (nSPS) is 20.9. The molecule has 1 amide bonds. The summed E-state index contributed by atoms with van der Waals surface area (Å²) in [5, 5.41) is 10.2. The Bertz CT molecular complexity index is 1530. The predicted molar refractivity (Wildman–Crippen MR) is 137 cm³/mol. The van der Waals surface area contributed by atoms with Gasteiger partial charge in [-0.2, -0.15) is 5.26 Å². The number of hydrogen-bond acceptors (Lipinski definition) is 4. The van der Waals surface area contributed by atoms with Crippen molar-refractivity contribution < 1.29 is 9.18 Å². The van der Waals surface area contributed by atoms with E-state index in [2.05, 4.69) is 11.1 Å². The van der Waals surface area contributed by atoms with Crippen molar-refractivity contribution >= 4 is 16.8 Å². The fraction of sp³-hybridized carbons (Fsp3) is 0.233. The van der Waals surface area contributed by atoms with Crippen LogP contribution >= 0.6 is 0 Å². The largest absolute Gasteiger partial charge is 0.333 e. The lowest BCUT2D eigenvalue weighted by atomic mass is 9.90. The highest BCUT2D eigenvalue weighted by atomic mass is 19.1. The van der Waals surface area contributed by atoms with E-state index >= 15 is 0 Å². The Labute approximate surface area is 209 Å². The highest BCUT2D eigenvalue weighted by Crippen LogP contribution is 2.39. The average Bonchev–Trinajstić information content (AvgIpc) is 3.18. The maximum atomic E-state index is 14.7. The number of benzene rings is 3. The third-order valence-corrected chi connectivity index (χ3v) is 7.59. The highest BCUT2D eigenvalue weighted by molar-refractivity contribution is 5.99. The molecule has 3 heterocycles. The summed E-state index contributed by atoms with van der Waals surface area (Å²) in [4.78, 5) is 20.1. The number of nitrogens with zero attached hydrogens (tertiary/aromatic N) is 3. The van der Waals surface area contributed by atoms with Crippen molar-refractivity contribution in [1.29, 1.82) is 5.26 Å². The van der Waals surface area contributed by atoms with Crippen LogP contribution in [0.4, 0.5) is 4.39 Å². The minimum Gasteiger partial charge on any atom is -0.333 e. The molecule has 36 heavy (non-hydrogen) atoms. The van der Waals surface area contributed by atoms with Crippen molar-refractivity contribution in [2.45, 2.75) is 43.8 Å². The van der Waals surface area contributed by atoms with Crippen LogP contribution in [0.5, 0.6) is 0 Å². The number of piperidine rings is 1. The lowest BCUT2D eigenvalue weighted by Gasteiger charge is -2.38. The molecule has 2 fully saturated rings. The number of fused-ring (bicyclic) bond motifs is 3. The van der Waals surface area contributed by atoms with E-state index in [0.717, 1.165) is 53.3 Å². The van der Waals surface area contributed by atoms with Gasteiger partial charge in [-0.1, -0.05) is 24.3 Å². The van der Waals surface area contributed by atoms with E-state index in [-0.39, 0.29) is 29.6 Å². The summed E-state index contributed by atoms with van der Waals surface area (Å²) < 4.78 is 14.7. The number of aromatic nitrogens is 1. The van der Waals surface area contributed by atoms with E-state index in [0.29, 0.717) is 11.1 Å². The molecule has 2 N–H and O–H groups in total. The smallest absolute Gasteiger partial charge is 0.254 e. The molecule has 2 aliphatic rings. The first-order chi connectivity index (χ1) is 17.5. The van der Waals surface area contributed by atoms with Crippen molar-refractivity contribution in [3.05, 3.63) is 89.9 Å². The molecule has 2 bridgehead atoms. The maximum Gasteiger partial charge on any atom is 0.254 e. The number of rotatable bonds is 3. The molecule has 6 rings (SSSR count). The van der Waals surface area contributed by atoms with Crippen molar-refractivity contribution in [2.75, 3.05) is 0 Å². The van der Waals surface area contributed by atoms with Crippen LogP contribution in [0.15, 0.2) is 72.9 Å². The van der Waals surface area contributed by atoms with Gasteiger partial charge in [0.2, 0.25) is 0 Å². The monoisotopic (exact) mass is 476 g/mol. The Balaban J connectivity index is 1.47. The first-order valence-corrected chi connectivity index (χ1v) is 12.3. The molecule has 5 nitrogen and oxygen atoms in total. The van der Waals surface area contributed by atoms with Crippen LogP contribution in [0.25, 0.3) is 33.2 Å². The van der Waals surface area contributed by atoms with Gasteiger partial charge in [-0.3, -0.25) is 9.78 Å². The van der Waals surface area contributed by atoms with Crippen LogP contribution in [0.3, 0.4) is 0 Å². The first kappa shape index (κ1) is 22.4. The summed E-state index contributed by atoms with van der Waals surface area (Å²) in [6, 6.07) is 22.5. The lowest BCUT2D eigenvalue weighted by Crippen LogP contribution is -2.50. The number of carbonyl (C=O) groups is 1. The van der Waals surface area contributed by atoms with Crippen LogP contribution in [-0.4, -0.2) is 33.9 Å². The first-order valence-electron chi connectivity index (χ1n) is 12.3. The summed E-state index contributed by atoms with van der Waals surface area (Å²) in [5.41, 5.74) is 10.9. The molecule has 4 aromatic rings. The van der Waals surface area contributed by atoms with Gasteiger partial charge in [-0.15, -0.1) is 0 Å². The second-order valence-corrected chi connectivity index (χ2v) is 9.81. The van der Waals surface area contributed by atoms with E-state index < -0.39 is 5.82 Å². The summed E-state index contributed by atoms with van der Waals surface area (Å²) in [6.45, 7) is 0. The zero-order valence-corrected chi connectivity index (χ0v) is 19.7. The van der Waals surface area contributed by atoms with E-state index in [1.807, 2.05) is 53.4 Å². The second kappa shape index (κ2) is 8.85. The van der Waals surface area contributed by atoms with Gasteiger partial charge in [0.1, 0.15) is 11.9 Å². The lowest BCUT2D eigenvalue weighted by molar-refractivity contribution is 0.0575. The van der Waals surface area contributed by atoms with E-state index in [1.54, 1.807) is 12.3 Å². The van der Waals surface area contributed by atoms with E-state index in [4.69, 9.17) is 5.73 Å². The second-order valence-electron chi connectivity index (χ2n) is 9.81. The zero-order valence-electron chi connectivity index (χ0n) is 19.7. The van der Waals surface area contributed by atoms with Gasteiger partial charge < -0.3 is 10.6 Å². The van der Waals surface area contributed by atoms with Gasteiger partial charge in [0.05, 0.1) is 11.1 Å². The minimum absolute atomic E-state index is 0.000900. The van der Waals surface area contributed by atoms with E-state index in [9.17, 15) is 14.4 Å². The van der Waals surface area contributed by atoms with Crippen LogP contribution in [0.2, 0.25) is 0 Å².